The quantitative estimate of drug-likeness (QED) is 0.596. The van der Waals surface area contributed by atoms with Gasteiger partial charge in [-0.1, -0.05) is 0 Å². The number of hydrogen-bond acceptors (Lipinski definition) is 2. The third kappa shape index (κ3) is 0.640. The lowest BCUT2D eigenvalue weighted by Crippen LogP contribution is -2.05. The summed E-state index contributed by atoms with van der Waals surface area (Å²) >= 11 is 0. The minimum Gasteiger partial charge on any atom is -0.160 e. The summed E-state index contributed by atoms with van der Waals surface area (Å²) in [6, 6.07) is 0. The van der Waals surface area contributed by atoms with Gasteiger partial charge in [0.15, 0.2) is 0 Å². The van der Waals surface area contributed by atoms with Gasteiger partial charge in [0.25, 0.3) is 0 Å². The summed E-state index contributed by atoms with van der Waals surface area (Å²) in [6.45, 7) is 0. The zero-order valence-corrected chi connectivity index (χ0v) is 9.34. The Kier molecular flexibility index (Phi) is 0.974. The van der Waals surface area contributed by atoms with E-state index in [1.165, 1.54) is 37.1 Å². The lowest BCUT2D eigenvalue weighted by atomic mass is 10.1. The van der Waals surface area contributed by atoms with E-state index in [-0.39, 0.29) is 0 Å². The molecular weight excluding hydrogens is 196 g/mol. The second-order valence-corrected chi connectivity index (χ2v) is 7.09. The Morgan fingerprint density at radius 3 is 1.25 bits per heavy atom. The van der Waals surface area contributed by atoms with E-state index in [0.29, 0.717) is 0 Å². The van der Waals surface area contributed by atoms with Crippen molar-refractivity contribution in [3.63, 3.8) is 0 Å². The molecule has 0 saturated heterocycles. The standard InChI is InChI=1S/C14H16N2/c1-5-2-8-7(1)11(8)13(5)15-16-14-6-3-9-10(4-6)12(9)14/h5-12H,1-4H2/b15-13-,16-14-/t5?,6?,7-,8-,9-,10+,11?,12?/m1/s1. The molecule has 82 valence electrons. The summed E-state index contributed by atoms with van der Waals surface area (Å²) < 4.78 is 0. The van der Waals surface area contributed by atoms with Gasteiger partial charge < -0.3 is 0 Å². The highest BCUT2D eigenvalue weighted by Gasteiger charge is 2.68. The topological polar surface area (TPSA) is 24.7 Å². The van der Waals surface area contributed by atoms with Crippen molar-refractivity contribution in [2.24, 2.45) is 57.5 Å². The molecule has 0 spiro atoms. The first kappa shape index (κ1) is 7.62. The second kappa shape index (κ2) is 2.04. The molecule has 8 fully saturated rings. The van der Waals surface area contributed by atoms with Gasteiger partial charge in [0.1, 0.15) is 0 Å². The van der Waals surface area contributed by atoms with E-state index < -0.39 is 0 Å². The first-order chi connectivity index (χ1) is 7.92. The molecule has 2 nitrogen and oxygen atoms in total. The summed E-state index contributed by atoms with van der Waals surface area (Å²) in [5.41, 5.74) is 3.03. The SMILES string of the molecule is C1C2C[C@H]3C(/C2=N\N=C2\C4C[C@H]5C2[C@@H]5C4)[C@@H]13. The number of hydrogen-bond donors (Lipinski definition) is 0. The van der Waals surface area contributed by atoms with Crippen LogP contribution in [-0.2, 0) is 0 Å². The molecule has 8 aliphatic carbocycles. The van der Waals surface area contributed by atoms with Gasteiger partial charge in [-0.3, -0.25) is 0 Å². The van der Waals surface area contributed by atoms with Crippen LogP contribution in [0.2, 0.25) is 0 Å². The highest BCUT2D eigenvalue weighted by atomic mass is 15.2. The summed E-state index contributed by atoms with van der Waals surface area (Å²) in [5.74, 6) is 7.72. The van der Waals surface area contributed by atoms with Crippen molar-refractivity contribution >= 4 is 11.4 Å². The molecule has 8 saturated carbocycles. The summed E-state index contributed by atoms with van der Waals surface area (Å²) in [5, 5.41) is 9.42. The molecular formula is C14H16N2. The van der Waals surface area contributed by atoms with E-state index in [2.05, 4.69) is 0 Å². The Labute approximate surface area is 95.2 Å². The van der Waals surface area contributed by atoms with Crippen LogP contribution in [0.25, 0.3) is 0 Å². The van der Waals surface area contributed by atoms with Gasteiger partial charge in [-0.15, -0.1) is 0 Å². The van der Waals surface area contributed by atoms with E-state index in [0.717, 1.165) is 47.3 Å². The Bertz CT molecular complexity index is 401. The third-order valence-electron chi connectivity index (χ3n) is 6.69. The normalized spacial score (nSPS) is 71.0. The monoisotopic (exact) mass is 212 g/mol. The van der Waals surface area contributed by atoms with Crippen LogP contribution in [0.15, 0.2) is 10.2 Å². The Morgan fingerprint density at radius 1 is 0.625 bits per heavy atom. The molecule has 8 rings (SSSR count). The van der Waals surface area contributed by atoms with Gasteiger partial charge >= 0.3 is 0 Å². The molecule has 0 N–H and O–H groups in total. The molecule has 0 aromatic carbocycles. The maximum atomic E-state index is 4.71. The number of rotatable bonds is 1. The van der Waals surface area contributed by atoms with Gasteiger partial charge in [0, 0.05) is 35.1 Å². The fraction of sp³-hybridized carbons (Fsp3) is 0.857. The molecule has 0 aliphatic heterocycles. The van der Waals surface area contributed by atoms with Crippen LogP contribution in [0, 0.1) is 47.3 Å². The molecule has 0 aromatic rings. The molecule has 2 unspecified atom stereocenters. The molecule has 8 aliphatic rings. The van der Waals surface area contributed by atoms with Crippen molar-refractivity contribution in [2.45, 2.75) is 25.7 Å². The van der Waals surface area contributed by atoms with Gasteiger partial charge in [-0.2, -0.15) is 10.2 Å². The summed E-state index contributed by atoms with van der Waals surface area (Å²) in [7, 11) is 0. The Morgan fingerprint density at radius 2 is 1.00 bits per heavy atom. The van der Waals surface area contributed by atoms with Crippen molar-refractivity contribution in [3.8, 4) is 0 Å². The fourth-order valence-corrected chi connectivity index (χ4v) is 6.00. The van der Waals surface area contributed by atoms with Crippen LogP contribution in [0.1, 0.15) is 25.7 Å². The molecule has 6 atom stereocenters. The molecule has 2 heteroatoms. The highest BCUT2D eigenvalue weighted by molar-refractivity contribution is 6.00. The molecule has 8 bridgehead atoms. The van der Waals surface area contributed by atoms with Crippen molar-refractivity contribution < 1.29 is 0 Å². The van der Waals surface area contributed by atoms with Crippen LogP contribution < -0.4 is 0 Å². The molecule has 0 aromatic heterocycles. The second-order valence-electron chi connectivity index (χ2n) is 7.09. The zero-order chi connectivity index (χ0) is 10.0. The van der Waals surface area contributed by atoms with Gasteiger partial charge in [0.2, 0.25) is 0 Å². The Balaban J connectivity index is 1.39. The zero-order valence-electron chi connectivity index (χ0n) is 9.34. The minimum absolute atomic E-state index is 0.857. The average molecular weight is 212 g/mol. The van der Waals surface area contributed by atoms with Gasteiger partial charge in [-0.25, -0.2) is 0 Å². The van der Waals surface area contributed by atoms with E-state index in [4.69, 9.17) is 10.2 Å². The Hall–Kier alpha value is -0.660. The smallest absolute Gasteiger partial charge is 0.0473 e. The van der Waals surface area contributed by atoms with Crippen LogP contribution >= 0.6 is 0 Å². The maximum Gasteiger partial charge on any atom is 0.0473 e. The molecule has 0 heterocycles. The average Bonchev–Trinajstić information content (AvgIpc) is 2.91. The van der Waals surface area contributed by atoms with Crippen molar-refractivity contribution in [2.75, 3.05) is 0 Å². The predicted octanol–water partition coefficient (Wildman–Crippen LogP) is 2.36. The first-order valence-electron chi connectivity index (χ1n) is 7.07. The fourth-order valence-electron chi connectivity index (χ4n) is 6.00. The predicted molar refractivity (Wildman–Crippen MR) is 61.3 cm³/mol. The van der Waals surface area contributed by atoms with E-state index >= 15 is 0 Å². The van der Waals surface area contributed by atoms with Gasteiger partial charge in [0.05, 0.1) is 0 Å². The van der Waals surface area contributed by atoms with E-state index in [9.17, 15) is 0 Å². The van der Waals surface area contributed by atoms with Crippen LogP contribution in [0.3, 0.4) is 0 Å². The summed E-state index contributed by atoms with van der Waals surface area (Å²) in [4.78, 5) is 0. The lowest BCUT2D eigenvalue weighted by molar-refractivity contribution is 0.688. The molecule has 16 heavy (non-hydrogen) atoms. The van der Waals surface area contributed by atoms with Crippen LogP contribution in [0.5, 0.6) is 0 Å². The van der Waals surface area contributed by atoms with E-state index in [1.54, 1.807) is 0 Å². The lowest BCUT2D eigenvalue weighted by Gasteiger charge is -2.02. The first-order valence-corrected chi connectivity index (χ1v) is 7.07. The summed E-state index contributed by atoms with van der Waals surface area (Å²) in [6.07, 6.45) is 5.82. The molecule has 0 radical (unpaired) electrons. The number of nitrogens with zero attached hydrogens (tertiary/aromatic N) is 2. The van der Waals surface area contributed by atoms with Crippen LogP contribution in [-0.4, -0.2) is 11.4 Å². The highest BCUT2D eigenvalue weighted by Crippen LogP contribution is 2.70. The van der Waals surface area contributed by atoms with Crippen molar-refractivity contribution in [1.29, 1.82) is 0 Å². The van der Waals surface area contributed by atoms with Crippen molar-refractivity contribution in [3.05, 3.63) is 0 Å². The minimum atomic E-state index is 0.857. The van der Waals surface area contributed by atoms with E-state index in [1.807, 2.05) is 0 Å². The third-order valence-corrected chi connectivity index (χ3v) is 6.69. The van der Waals surface area contributed by atoms with Gasteiger partial charge in [-0.05, 0) is 49.4 Å². The molecule has 0 amide bonds. The maximum absolute atomic E-state index is 4.71. The largest absolute Gasteiger partial charge is 0.160 e. The van der Waals surface area contributed by atoms with Crippen LogP contribution in [0.4, 0.5) is 0 Å². The van der Waals surface area contributed by atoms with Crippen molar-refractivity contribution in [1.82, 2.24) is 0 Å².